The van der Waals surface area contributed by atoms with Gasteiger partial charge in [-0.3, -0.25) is 0 Å². The highest BCUT2D eigenvalue weighted by Gasteiger charge is 2.04. The van der Waals surface area contributed by atoms with Gasteiger partial charge >= 0.3 is 0 Å². The average Bonchev–Trinajstić information content (AvgIpc) is 2.40. The van der Waals surface area contributed by atoms with Gasteiger partial charge in [0.2, 0.25) is 0 Å². The largest absolute Gasteiger partial charge is 0.327 e. The van der Waals surface area contributed by atoms with E-state index in [2.05, 4.69) is 6.92 Å². The number of benzene rings is 1. The average molecular weight is 265 g/mol. The van der Waals surface area contributed by atoms with Gasteiger partial charge in [-0.2, -0.15) is 0 Å². The van der Waals surface area contributed by atoms with Crippen LogP contribution < -0.4 is 5.73 Å². The van der Waals surface area contributed by atoms with E-state index < -0.39 is 0 Å². The summed E-state index contributed by atoms with van der Waals surface area (Å²) in [5.74, 6) is -0.176. The molecule has 0 bridgehead atoms. The zero-order chi connectivity index (χ0) is 13.9. The van der Waals surface area contributed by atoms with Crippen molar-refractivity contribution in [3.63, 3.8) is 0 Å². The molecule has 0 saturated carbocycles. The van der Waals surface area contributed by atoms with Crippen LogP contribution in [0, 0.1) is 5.82 Å². The predicted octanol–water partition coefficient (Wildman–Crippen LogP) is 4.84. The lowest BCUT2D eigenvalue weighted by molar-refractivity contribution is 0.528. The van der Waals surface area contributed by atoms with Crippen LogP contribution in [-0.4, -0.2) is 6.04 Å². The summed E-state index contributed by atoms with van der Waals surface area (Å²) in [6.45, 7) is 2.24. The molecule has 19 heavy (non-hydrogen) atoms. The van der Waals surface area contributed by atoms with Crippen LogP contribution in [0.4, 0.5) is 4.39 Å². The second-order valence-electron chi connectivity index (χ2n) is 5.50. The second-order valence-corrected chi connectivity index (χ2v) is 5.50. The van der Waals surface area contributed by atoms with Gasteiger partial charge in [-0.1, -0.05) is 64.0 Å². The summed E-state index contributed by atoms with van der Waals surface area (Å²) in [6.07, 6.45) is 11.2. The lowest BCUT2D eigenvalue weighted by atomic mass is 10.0. The van der Waals surface area contributed by atoms with Crippen LogP contribution in [0.2, 0.25) is 0 Å². The molecule has 0 amide bonds. The first kappa shape index (κ1) is 16.2. The van der Waals surface area contributed by atoms with E-state index in [4.69, 9.17) is 5.73 Å². The van der Waals surface area contributed by atoms with Crippen molar-refractivity contribution in [3.8, 4) is 0 Å². The van der Waals surface area contributed by atoms with Crippen molar-refractivity contribution in [3.05, 3.63) is 35.6 Å². The van der Waals surface area contributed by atoms with Crippen LogP contribution in [0.15, 0.2) is 24.3 Å². The van der Waals surface area contributed by atoms with Crippen molar-refractivity contribution in [2.75, 3.05) is 0 Å². The monoisotopic (exact) mass is 265 g/mol. The van der Waals surface area contributed by atoms with E-state index in [1.165, 1.54) is 57.1 Å². The summed E-state index contributed by atoms with van der Waals surface area (Å²) in [6, 6.07) is 6.90. The summed E-state index contributed by atoms with van der Waals surface area (Å²) in [7, 11) is 0. The molecular weight excluding hydrogens is 237 g/mol. The Morgan fingerprint density at radius 1 is 0.947 bits per heavy atom. The zero-order valence-electron chi connectivity index (χ0n) is 12.2. The van der Waals surface area contributed by atoms with E-state index >= 15 is 0 Å². The maximum Gasteiger partial charge on any atom is 0.123 e. The predicted molar refractivity (Wildman–Crippen MR) is 80.7 cm³/mol. The summed E-state index contributed by atoms with van der Waals surface area (Å²) in [4.78, 5) is 0. The molecule has 0 aliphatic rings. The maximum atomic E-state index is 12.8. The Morgan fingerprint density at radius 2 is 1.53 bits per heavy atom. The number of hydrogen-bond acceptors (Lipinski definition) is 1. The van der Waals surface area contributed by atoms with Crippen LogP contribution >= 0.6 is 0 Å². The molecule has 1 rings (SSSR count). The van der Waals surface area contributed by atoms with E-state index in [1.807, 2.05) is 12.1 Å². The van der Waals surface area contributed by atoms with Crippen LogP contribution in [0.25, 0.3) is 0 Å². The highest BCUT2D eigenvalue weighted by atomic mass is 19.1. The minimum Gasteiger partial charge on any atom is -0.327 e. The smallest absolute Gasteiger partial charge is 0.123 e. The van der Waals surface area contributed by atoms with Gasteiger partial charge in [0.15, 0.2) is 0 Å². The van der Waals surface area contributed by atoms with Crippen molar-refractivity contribution in [2.45, 2.75) is 70.8 Å². The lowest BCUT2D eigenvalue weighted by Gasteiger charge is -2.11. The van der Waals surface area contributed by atoms with Gasteiger partial charge in [0.1, 0.15) is 5.82 Å². The van der Waals surface area contributed by atoms with Gasteiger partial charge in [-0.15, -0.1) is 0 Å². The Hall–Kier alpha value is -0.890. The fourth-order valence-electron chi connectivity index (χ4n) is 2.39. The minimum atomic E-state index is -0.176. The van der Waals surface area contributed by atoms with E-state index in [0.29, 0.717) is 0 Å². The maximum absolute atomic E-state index is 12.8. The highest BCUT2D eigenvalue weighted by molar-refractivity contribution is 5.16. The van der Waals surface area contributed by atoms with E-state index in [0.717, 1.165) is 18.4 Å². The lowest BCUT2D eigenvalue weighted by Crippen LogP contribution is -2.22. The number of hydrogen-bond donors (Lipinski definition) is 1. The molecule has 108 valence electrons. The number of unbranched alkanes of at least 4 members (excludes halogenated alkanes) is 6. The quantitative estimate of drug-likeness (QED) is 0.602. The molecule has 1 unspecified atom stereocenters. The van der Waals surface area contributed by atoms with E-state index in [1.54, 1.807) is 0 Å². The van der Waals surface area contributed by atoms with E-state index in [9.17, 15) is 4.39 Å². The van der Waals surface area contributed by atoms with Crippen LogP contribution in [0.1, 0.15) is 63.9 Å². The van der Waals surface area contributed by atoms with Crippen LogP contribution in [-0.2, 0) is 6.42 Å². The Kier molecular flexibility index (Phi) is 8.48. The number of rotatable bonds is 10. The first-order chi connectivity index (χ1) is 9.22. The molecule has 0 spiro atoms. The van der Waals surface area contributed by atoms with Gasteiger partial charge in [0.25, 0.3) is 0 Å². The Morgan fingerprint density at radius 3 is 2.16 bits per heavy atom. The van der Waals surface area contributed by atoms with Crippen molar-refractivity contribution in [1.29, 1.82) is 0 Å². The molecule has 0 saturated heterocycles. The summed E-state index contributed by atoms with van der Waals surface area (Å²) in [5, 5.41) is 0. The molecular formula is C17H28FN. The van der Waals surface area contributed by atoms with Gasteiger partial charge in [-0.05, 0) is 30.5 Å². The first-order valence-corrected chi connectivity index (χ1v) is 7.72. The van der Waals surface area contributed by atoms with Gasteiger partial charge in [-0.25, -0.2) is 4.39 Å². The molecule has 0 aliphatic heterocycles. The third-order valence-electron chi connectivity index (χ3n) is 3.59. The molecule has 0 fully saturated rings. The molecule has 0 radical (unpaired) electrons. The molecule has 0 aliphatic carbocycles. The summed E-state index contributed by atoms with van der Waals surface area (Å²) >= 11 is 0. The molecule has 2 heteroatoms. The minimum absolute atomic E-state index is 0.176. The van der Waals surface area contributed by atoms with Gasteiger partial charge in [0, 0.05) is 6.04 Å². The van der Waals surface area contributed by atoms with Crippen molar-refractivity contribution < 1.29 is 4.39 Å². The van der Waals surface area contributed by atoms with Gasteiger partial charge in [0.05, 0.1) is 0 Å². The third-order valence-corrected chi connectivity index (χ3v) is 3.59. The topological polar surface area (TPSA) is 26.0 Å². The second kappa shape index (κ2) is 9.96. The van der Waals surface area contributed by atoms with Crippen molar-refractivity contribution in [2.24, 2.45) is 5.73 Å². The molecule has 0 aromatic heterocycles. The Labute approximate surface area is 117 Å². The van der Waals surface area contributed by atoms with E-state index in [-0.39, 0.29) is 11.9 Å². The molecule has 1 nitrogen and oxygen atoms in total. The van der Waals surface area contributed by atoms with Crippen molar-refractivity contribution in [1.82, 2.24) is 0 Å². The first-order valence-electron chi connectivity index (χ1n) is 7.72. The molecule has 1 aromatic carbocycles. The standard InChI is InChI=1S/C17H28FN/c1-2-3-4-5-6-7-8-9-17(19)14-15-10-12-16(18)13-11-15/h10-13,17H,2-9,14,19H2,1H3. The molecule has 1 aromatic rings. The van der Waals surface area contributed by atoms with Gasteiger partial charge < -0.3 is 5.73 Å². The normalized spacial score (nSPS) is 12.6. The SMILES string of the molecule is CCCCCCCCCC(N)Cc1ccc(F)cc1. The summed E-state index contributed by atoms with van der Waals surface area (Å²) < 4.78 is 12.8. The highest BCUT2D eigenvalue weighted by Crippen LogP contribution is 2.12. The van der Waals surface area contributed by atoms with Crippen molar-refractivity contribution >= 4 is 0 Å². The summed E-state index contributed by atoms with van der Waals surface area (Å²) in [5.41, 5.74) is 7.25. The number of halogens is 1. The van der Waals surface area contributed by atoms with Crippen LogP contribution in [0.5, 0.6) is 0 Å². The third kappa shape index (κ3) is 7.99. The fraction of sp³-hybridized carbons (Fsp3) is 0.647. The fourth-order valence-corrected chi connectivity index (χ4v) is 2.39. The Balaban J connectivity index is 2.04. The zero-order valence-corrected chi connectivity index (χ0v) is 12.2. The molecule has 2 N–H and O–H groups in total. The molecule has 1 atom stereocenters. The Bertz CT molecular complexity index is 321. The number of nitrogens with two attached hydrogens (primary N) is 1. The van der Waals surface area contributed by atoms with Crippen LogP contribution in [0.3, 0.4) is 0 Å². The molecule has 0 heterocycles.